The van der Waals surface area contributed by atoms with E-state index in [0.29, 0.717) is 24.2 Å². The third-order valence-electron chi connectivity index (χ3n) is 6.94. The molecule has 0 aromatic carbocycles. The summed E-state index contributed by atoms with van der Waals surface area (Å²) in [5.41, 5.74) is 2.11. The molecule has 1 spiro atoms. The standard InChI is InChI=1S/C21H27N3O2/c1-20(26)11-16(12-20)19(25)23-13-21(14-23)7-5-15(6-8-21)18-10-17-4-2-3-9-24(17)22-18/h2-4,9-10,15-16,26H,5-8,11-14H2,1H3/t16-,20+. The van der Waals surface area contributed by atoms with Gasteiger partial charge in [-0.15, -0.1) is 0 Å². The summed E-state index contributed by atoms with van der Waals surface area (Å²) in [5, 5.41) is 14.6. The number of aliphatic hydroxyl groups is 1. The second kappa shape index (κ2) is 5.56. The molecule has 3 heterocycles. The van der Waals surface area contributed by atoms with Crippen LogP contribution in [-0.2, 0) is 4.79 Å². The molecule has 26 heavy (non-hydrogen) atoms. The van der Waals surface area contributed by atoms with Crippen LogP contribution in [0.1, 0.15) is 57.1 Å². The molecule has 1 N–H and O–H groups in total. The number of hydrogen-bond acceptors (Lipinski definition) is 3. The molecule has 0 bridgehead atoms. The number of hydrogen-bond donors (Lipinski definition) is 1. The minimum atomic E-state index is -0.616. The van der Waals surface area contributed by atoms with Crippen molar-refractivity contribution < 1.29 is 9.90 Å². The lowest BCUT2D eigenvalue weighted by Gasteiger charge is -2.55. The van der Waals surface area contributed by atoms with Gasteiger partial charge in [0.2, 0.25) is 5.91 Å². The van der Waals surface area contributed by atoms with Crippen LogP contribution in [0.3, 0.4) is 0 Å². The Morgan fingerprint density at radius 1 is 1.23 bits per heavy atom. The van der Waals surface area contributed by atoms with Crippen molar-refractivity contribution in [3.8, 4) is 0 Å². The average molecular weight is 353 g/mol. The van der Waals surface area contributed by atoms with Gasteiger partial charge < -0.3 is 10.0 Å². The maximum Gasteiger partial charge on any atom is 0.225 e. The summed E-state index contributed by atoms with van der Waals surface area (Å²) in [6, 6.07) is 8.40. The van der Waals surface area contributed by atoms with Gasteiger partial charge >= 0.3 is 0 Å². The van der Waals surface area contributed by atoms with Crippen molar-refractivity contribution in [2.45, 2.75) is 57.0 Å². The number of fused-ring (bicyclic) bond motifs is 1. The van der Waals surface area contributed by atoms with Gasteiger partial charge in [0.25, 0.3) is 0 Å². The molecule has 2 aliphatic carbocycles. The van der Waals surface area contributed by atoms with E-state index in [4.69, 9.17) is 5.10 Å². The van der Waals surface area contributed by atoms with E-state index in [9.17, 15) is 9.90 Å². The summed E-state index contributed by atoms with van der Waals surface area (Å²) in [6.45, 7) is 3.67. The van der Waals surface area contributed by atoms with Crippen LogP contribution >= 0.6 is 0 Å². The summed E-state index contributed by atoms with van der Waals surface area (Å²) in [6.07, 6.45) is 8.00. The summed E-state index contributed by atoms with van der Waals surface area (Å²) in [7, 11) is 0. The van der Waals surface area contributed by atoms with Crippen LogP contribution in [0.5, 0.6) is 0 Å². The van der Waals surface area contributed by atoms with Crippen molar-refractivity contribution in [2.24, 2.45) is 11.3 Å². The fraction of sp³-hybridized carbons (Fsp3) is 0.619. The van der Waals surface area contributed by atoms with Gasteiger partial charge in [0.05, 0.1) is 16.8 Å². The molecule has 2 aromatic heterocycles. The molecule has 5 nitrogen and oxygen atoms in total. The van der Waals surface area contributed by atoms with E-state index < -0.39 is 5.60 Å². The van der Waals surface area contributed by atoms with E-state index >= 15 is 0 Å². The van der Waals surface area contributed by atoms with Gasteiger partial charge in [0.15, 0.2) is 0 Å². The van der Waals surface area contributed by atoms with Gasteiger partial charge in [0, 0.05) is 36.5 Å². The van der Waals surface area contributed by atoms with E-state index in [1.165, 1.54) is 36.9 Å². The molecule has 3 fully saturated rings. The molecule has 1 aliphatic heterocycles. The highest BCUT2D eigenvalue weighted by molar-refractivity contribution is 5.81. The highest BCUT2D eigenvalue weighted by Crippen LogP contribution is 2.49. The second-order valence-electron chi connectivity index (χ2n) is 9.21. The molecule has 0 unspecified atom stereocenters. The van der Waals surface area contributed by atoms with E-state index in [1.54, 1.807) is 0 Å². The fourth-order valence-electron chi connectivity index (χ4n) is 5.35. The molecule has 138 valence electrons. The smallest absolute Gasteiger partial charge is 0.225 e. The molecule has 2 saturated carbocycles. The number of carbonyl (C=O) groups excluding carboxylic acids is 1. The zero-order chi connectivity index (χ0) is 17.9. The lowest BCUT2D eigenvalue weighted by Crippen LogP contribution is -2.62. The van der Waals surface area contributed by atoms with Gasteiger partial charge in [-0.2, -0.15) is 5.10 Å². The number of aromatic nitrogens is 2. The Kier molecular flexibility index (Phi) is 3.48. The largest absolute Gasteiger partial charge is 0.390 e. The first-order valence-electron chi connectivity index (χ1n) is 9.89. The van der Waals surface area contributed by atoms with Crippen LogP contribution < -0.4 is 0 Å². The van der Waals surface area contributed by atoms with Crippen LogP contribution in [0.4, 0.5) is 0 Å². The van der Waals surface area contributed by atoms with Crippen molar-refractivity contribution in [1.82, 2.24) is 14.5 Å². The Labute approximate surface area is 154 Å². The summed E-state index contributed by atoms with van der Waals surface area (Å²) in [4.78, 5) is 14.5. The van der Waals surface area contributed by atoms with E-state index in [-0.39, 0.29) is 11.8 Å². The number of pyridine rings is 1. The van der Waals surface area contributed by atoms with E-state index in [1.807, 2.05) is 28.6 Å². The maximum absolute atomic E-state index is 12.5. The molecule has 3 aliphatic rings. The summed E-state index contributed by atoms with van der Waals surface area (Å²) >= 11 is 0. The molecule has 2 aromatic rings. The number of nitrogens with zero attached hydrogens (tertiary/aromatic N) is 3. The SMILES string of the molecule is C[C@]1(O)C[C@@H](C(=O)N2CC3(CCC(c4cc5ccccn5n4)CC3)C2)C1. The molecule has 0 atom stereocenters. The number of amides is 1. The lowest BCUT2D eigenvalue weighted by molar-refractivity contribution is -0.163. The van der Waals surface area contributed by atoms with Crippen LogP contribution in [0.15, 0.2) is 30.5 Å². The third-order valence-corrected chi connectivity index (χ3v) is 6.94. The van der Waals surface area contributed by atoms with Crippen LogP contribution in [-0.4, -0.2) is 44.2 Å². The zero-order valence-corrected chi connectivity index (χ0v) is 15.4. The quantitative estimate of drug-likeness (QED) is 0.903. The average Bonchev–Trinajstić information content (AvgIpc) is 3.01. The minimum absolute atomic E-state index is 0.0525. The molecule has 5 heteroatoms. The monoisotopic (exact) mass is 353 g/mol. The Morgan fingerprint density at radius 2 is 1.96 bits per heavy atom. The third kappa shape index (κ3) is 2.64. The first kappa shape index (κ1) is 16.3. The van der Waals surface area contributed by atoms with E-state index in [0.717, 1.165) is 13.1 Å². The van der Waals surface area contributed by atoms with Crippen molar-refractivity contribution in [3.63, 3.8) is 0 Å². The Hall–Kier alpha value is -1.88. The van der Waals surface area contributed by atoms with Crippen molar-refractivity contribution in [2.75, 3.05) is 13.1 Å². The Bertz CT molecular complexity index is 799. The van der Waals surface area contributed by atoms with Crippen LogP contribution in [0.2, 0.25) is 0 Å². The van der Waals surface area contributed by atoms with Crippen molar-refractivity contribution >= 4 is 11.4 Å². The molecular formula is C21H27N3O2. The van der Waals surface area contributed by atoms with Crippen molar-refractivity contribution in [3.05, 3.63) is 36.2 Å². The first-order valence-corrected chi connectivity index (χ1v) is 9.89. The molecule has 5 rings (SSSR count). The molecule has 0 radical (unpaired) electrons. The van der Waals surface area contributed by atoms with Gasteiger partial charge in [-0.25, -0.2) is 4.52 Å². The highest BCUT2D eigenvalue weighted by atomic mass is 16.3. The Balaban J connectivity index is 1.17. The number of likely N-dealkylation sites (tertiary alicyclic amines) is 1. The fourth-order valence-corrected chi connectivity index (χ4v) is 5.35. The minimum Gasteiger partial charge on any atom is -0.390 e. The topological polar surface area (TPSA) is 57.8 Å². The van der Waals surface area contributed by atoms with Gasteiger partial charge in [0.1, 0.15) is 0 Å². The predicted molar refractivity (Wildman–Crippen MR) is 98.8 cm³/mol. The Morgan fingerprint density at radius 3 is 2.62 bits per heavy atom. The van der Waals surface area contributed by atoms with Gasteiger partial charge in [-0.3, -0.25) is 4.79 Å². The summed E-state index contributed by atoms with van der Waals surface area (Å²) in [5.74, 6) is 0.869. The molecule has 1 amide bonds. The normalized spacial score (nSPS) is 31.0. The zero-order valence-electron chi connectivity index (χ0n) is 15.4. The number of carbonyl (C=O) groups is 1. The number of rotatable bonds is 2. The molecule has 1 saturated heterocycles. The van der Waals surface area contributed by atoms with Crippen LogP contribution in [0.25, 0.3) is 5.52 Å². The van der Waals surface area contributed by atoms with Crippen LogP contribution in [0, 0.1) is 11.3 Å². The van der Waals surface area contributed by atoms with Gasteiger partial charge in [-0.05, 0) is 63.6 Å². The van der Waals surface area contributed by atoms with E-state index in [2.05, 4.69) is 18.2 Å². The highest BCUT2D eigenvalue weighted by Gasteiger charge is 2.51. The summed E-state index contributed by atoms with van der Waals surface area (Å²) < 4.78 is 1.97. The lowest BCUT2D eigenvalue weighted by atomic mass is 9.64. The van der Waals surface area contributed by atoms with Crippen molar-refractivity contribution in [1.29, 1.82) is 0 Å². The first-order chi connectivity index (χ1) is 12.4. The maximum atomic E-state index is 12.5. The second-order valence-corrected chi connectivity index (χ2v) is 9.21. The predicted octanol–water partition coefficient (Wildman–Crippen LogP) is 2.98. The molecular weight excluding hydrogens is 326 g/mol. The van der Waals surface area contributed by atoms with Gasteiger partial charge in [-0.1, -0.05) is 6.07 Å².